The number of anilines is 3. The minimum atomic E-state index is 0.449. The van der Waals surface area contributed by atoms with Gasteiger partial charge in [-0.15, -0.1) is 0 Å². The molecule has 0 radical (unpaired) electrons. The average Bonchev–Trinajstić information content (AvgIpc) is 2.72. The van der Waals surface area contributed by atoms with E-state index < -0.39 is 0 Å². The van der Waals surface area contributed by atoms with Gasteiger partial charge in [0.25, 0.3) is 0 Å². The number of rotatable bonds is 8. The number of hydrogen-bond donors (Lipinski definition) is 5. The average molecular weight is 391 g/mol. The SMILES string of the molecule is NCC1CCCC(CNc2nc(NCc3ccccc3Cl)ncc2NO)C1. The number of aromatic nitrogens is 2. The van der Waals surface area contributed by atoms with Crippen LogP contribution in [-0.2, 0) is 6.54 Å². The van der Waals surface area contributed by atoms with E-state index in [0.717, 1.165) is 25.1 Å². The van der Waals surface area contributed by atoms with Gasteiger partial charge in [0.05, 0.1) is 6.20 Å². The molecule has 0 spiro atoms. The van der Waals surface area contributed by atoms with E-state index in [4.69, 9.17) is 17.3 Å². The second-order valence-corrected chi connectivity index (χ2v) is 7.44. The lowest BCUT2D eigenvalue weighted by atomic mass is 9.81. The molecule has 2 atom stereocenters. The van der Waals surface area contributed by atoms with Gasteiger partial charge in [0, 0.05) is 18.1 Å². The highest BCUT2D eigenvalue weighted by Crippen LogP contribution is 2.29. The molecule has 0 saturated heterocycles. The minimum Gasteiger partial charge on any atom is -0.368 e. The summed E-state index contributed by atoms with van der Waals surface area (Å²) in [6, 6.07) is 7.64. The standard InChI is InChI=1S/C19H27ClN6O/c20-16-7-2-1-6-15(16)11-23-19-24-12-17(26-27)18(25-19)22-10-14-5-3-4-13(8-14)9-21/h1-2,6-7,12-14,26-27H,3-5,8-11,21H2,(H2,22,23,24,25). The summed E-state index contributed by atoms with van der Waals surface area (Å²) >= 11 is 6.18. The Morgan fingerprint density at radius 3 is 2.78 bits per heavy atom. The van der Waals surface area contributed by atoms with Crippen LogP contribution >= 0.6 is 11.6 Å². The van der Waals surface area contributed by atoms with Crippen LogP contribution in [0, 0.1) is 11.8 Å². The second kappa shape index (κ2) is 9.73. The molecule has 1 fully saturated rings. The molecule has 0 amide bonds. The number of hydrogen-bond acceptors (Lipinski definition) is 7. The van der Waals surface area contributed by atoms with Crippen LogP contribution in [0.4, 0.5) is 17.5 Å². The summed E-state index contributed by atoms with van der Waals surface area (Å²) in [6.07, 6.45) is 6.31. The lowest BCUT2D eigenvalue weighted by molar-refractivity contribution is 0.281. The molecule has 146 valence electrons. The van der Waals surface area contributed by atoms with Gasteiger partial charge in [-0.25, -0.2) is 4.98 Å². The highest BCUT2D eigenvalue weighted by molar-refractivity contribution is 6.31. The van der Waals surface area contributed by atoms with Crippen molar-refractivity contribution in [2.75, 3.05) is 29.2 Å². The Morgan fingerprint density at radius 1 is 1.19 bits per heavy atom. The van der Waals surface area contributed by atoms with Crippen LogP contribution < -0.4 is 21.8 Å². The number of nitrogens with zero attached hydrogens (tertiary/aromatic N) is 2. The molecule has 0 aliphatic heterocycles. The normalized spacial score (nSPS) is 19.5. The molecule has 7 nitrogen and oxygen atoms in total. The van der Waals surface area contributed by atoms with Crippen LogP contribution in [0.15, 0.2) is 30.5 Å². The van der Waals surface area contributed by atoms with Gasteiger partial charge in [-0.05, 0) is 49.3 Å². The fourth-order valence-corrected chi connectivity index (χ4v) is 3.74. The molecule has 0 bridgehead atoms. The van der Waals surface area contributed by atoms with Crippen LogP contribution in [0.2, 0.25) is 5.02 Å². The Morgan fingerprint density at radius 2 is 2.00 bits per heavy atom. The first-order valence-electron chi connectivity index (χ1n) is 9.38. The van der Waals surface area contributed by atoms with Crippen LogP contribution in [0.3, 0.4) is 0 Å². The third-order valence-electron chi connectivity index (χ3n) is 5.09. The minimum absolute atomic E-state index is 0.449. The zero-order valence-corrected chi connectivity index (χ0v) is 16.0. The molecule has 1 aromatic carbocycles. The summed E-state index contributed by atoms with van der Waals surface area (Å²) in [5, 5.41) is 16.6. The van der Waals surface area contributed by atoms with E-state index in [9.17, 15) is 5.21 Å². The van der Waals surface area contributed by atoms with Crippen LogP contribution in [0.5, 0.6) is 0 Å². The molecule has 2 aromatic rings. The Kier molecular flexibility index (Phi) is 7.09. The summed E-state index contributed by atoms with van der Waals surface area (Å²) in [7, 11) is 0. The smallest absolute Gasteiger partial charge is 0.225 e. The number of nitrogens with one attached hydrogen (secondary N) is 3. The molecular weight excluding hydrogens is 364 g/mol. The first kappa shape index (κ1) is 19.7. The second-order valence-electron chi connectivity index (χ2n) is 7.03. The lowest BCUT2D eigenvalue weighted by Crippen LogP contribution is -2.27. The zero-order chi connectivity index (χ0) is 19.1. The van der Waals surface area contributed by atoms with Crippen molar-refractivity contribution in [3.8, 4) is 0 Å². The summed E-state index contributed by atoms with van der Waals surface area (Å²) in [5.74, 6) is 2.22. The molecule has 1 saturated carbocycles. The summed E-state index contributed by atoms with van der Waals surface area (Å²) in [4.78, 5) is 8.72. The van der Waals surface area contributed by atoms with Crippen molar-refractivity contribution < 1.29 is 5.21 Å². The third kappa shape index (κ3) is 5.45. The van der Waals surface area contributed by atoms with Gasteiger partial charge < -0.3 is 16.4 Å². The highest BCUT2D eigenvalue weighted by atomic mass is 35.5. The maximum absolute atomic E-state index is 9.35. The number of benzene rings is 1. The number of halogens is 1. The van der Waals surface area contributed by atoms with Crippen molar-refractivity contribution in [3.05, 3.63) is 41.0 Å². The Hall–Kier alpha value is -2.09. The van der Waals surface area contributed by atoms with Gasteiger partial charge in [0.1, 0.15) is 5.69 Å². The van der Waals surface area contributed by atoms with Crippen molar-refractivity contribution in [3.63, 3.8) is 0 Å². The van der Waals surface area contributed by atoms with Gasteiger partial charge in [-0.3, -0.25) is 10.7 Å². The molecule has 8 heteroatoms. The van der Waals surface area contributed by atoms with E-state index in [1.54, 1.807) is 6.20 Å². The quantitative estimate of drug-likeness (QED) is 0.437. The molecule has 27 heavy (non-hydrogen) atoms. The Labute approximate surface area is 164 Å². The molecular formula is C19H27ClN6O. The Balaban J connectivity index is 1.62. The molecule has 1 aliphatic carbocycles. The molecule has 1 aliphatic rings. The van der Waals surface area contributed by atoms with E-state index in [2.05, 4.69) is 26.1 Å². The highest BCUT2D eigenvalue weighted by Gasteiger charge is 2.21. The van der Waals surface area contributed by atoms with Gasteiger partial charge >= 0.3 is 0 Å². The largest absolute Gasteiger partial charge is 0.368 e. The van der Waals surface area contributed by atoms with E-state index >= 15 is 0 Å². The van der Waals surface area contributed by atoms with Crippen molar-refractivity contribution in [2.45, 2.75) is 32.2 Å². The molecule has 2 unspecified atom stereocenters. The Bertz CT molecular complexity index is 744. The van der Waals surface area contributed by atoms with Crippen LogP contribution in [0.25, 0.3) is 0 Å². The first-order valence-corrected chi connectivity index (χ1v) is 9.75. The molecule has 1 aromatic heterocycles. The fraction of sp³-hybridized carbons (Fsp3) is 0.474. The maximum Gasteiger partial charge on any atom is 0.225 e. The van der Waals surface area contributed by atoms with Gasteiger partial charge in [-0.1, -0.05) is 36.2 Å². The first-order chi connectivity index (χ1) is 13.2. The van der Waals surface area contributed by atoms with Crippen LogP contribution in [-0.4, -0.2) is 28.3 Å². The monoisotopic (exact) mass is 390 g/mol. The lowest BCUT2D eigenvalue weighted by Gasteiger charge is -2.28. The van der Waals surface area contributed by atoms with E-state index in [0.29, 0.717) is 40.9 Å². The van der Waals surface area contributed by atoms with Crippen molar-refractivity contribution in [1.29, 1.82) is 0 Å². The van der Waals surface area contributed by atoms with Crippen LogP contribution in [0.1, 0.15) is 31.2 Å². The van der Waals surface area contributed by atoms with E-state index in [1.807, 2.05) is 24.3 Å². The van der Waals surface area contributed by atoms with E-state index in [-0.39, 0.29) is 0 Å². The van der Waals surface area contributed by atoms with Crippen molar-refractivity contribution in [2.24, 2.45) is 17.6 Å². The topological polar surface area (TPSA) is 108 Å². The predicted octanol–water partition coefficient (Wildman–Crippen LogP) is 3.72. The predicted molar refractivity (Wildman–Crippen MR) is 109 cm³/mol. The summed E-state index contributed by atoms with van der Waals surface area (Å²) in [5.41, 5.74) is 9.40. The molecule has 3 rings (SSSR count). The molecule has 1 heterocycles. The summed E-state index contributed by atoms with van der Waals surface area (Å²) in [6.45, 7) is 2.07. The van der Waals surface area contributed by atoms with Gasteiger partial charge in [0.15, 0.2) is 5.82 Å². The van der Waals surface area contributed by atoms with Gasteiger partial charge in [-0.2, -0.15) is 4.98 Å². The van der Waals surface area contributed by atoms with Crippen molar-refractivity contribution in [1.82, 2.24) is 9.97 Å². The number of nitrogens with two attached hydrogens (primary N) is 1. The third-order valence-corrected chi connectivity index (χ3v) is 5.46. The molecule has 6 N–H and O–H groups in total. The summed E-state index contributed by atoms with van der Waals surface area (Å²) < 4.78 is 0. The van der Waals surface area contributed by atoms with Gasteiger partial charge in [0.2, 0.25) is 5.95 Å². The fourth-order valence-electron chi connectivity index (χ4n) is 3.54. The zero-order valence-electron chi connectivity index (χ0n) is 15.3. The van der Waals surface area contributed by atoms with Crippen molar-refractivity contribution >= 4 is 29.1 Å². The maximum atomic E-state index is 9.35. The van der Waals surface area contributed by atoms with E-state index in [1.165, 1.54) is 19.3 Å².